The van der Waals surface area contributed by atoms with Crippen molar-refractivity contribution >= 4 is 12.0 Å². The predicted molar refractivity (Wildman–Crippen MR) is 55.5 cm³/mol. The first kappa shape index (κ1) is 11.8. The number of hydrogen-bond donors (Lipinski definition) is 3. The second-order valence-electron chi connectivity index (χ2n) is 4.93. The normalized spacial score (nSPS) is 29.5. The molecule has 0 aromatic carbocycles. The van der Waals surface area contributed by atoms with E-state index in [1.807, 2.05) is 27.7 Å². The van der Waals surface area contributed by atoms with Crippen molar-refractivity contribution in [2.45, 2.75) is 39.8 Å². The van der Waals surface area contributed by atoms with Gasteiger partial charge in [-0.1, -0.05) is 27.7 Å². The standard InChI is InChI=1S/C10H18N2O3/c1-5(2)6-10(3,4)7(8(13)14)12-9(15)11-6/h5-7H,1-4H3,(H,13,14)(H2,11,12,15)/t6-,7+/m0/s1. The summed E-state index contributed by atoms with van der Waals surface area (Å²) in [5, 5.41) is 14.3. The Morgan fingerprint density at radius 1 is 1.40 bits per heavy atom. The Bertz CT molecular complexity index is 286. The molecule has 5 nitrogen and oxygen atoms in total. The van der Waals surface area contributed by atoms with E-state index in [1.165, 1.54) is 0 Å². The lowest BCUT2D eigenvalue weighted by molar-refractivity contribution is -0.143. The molecule has 2 atom stereocenters. The zero-order valence-corrected chi connectivity index (χ0v) is 9.50. The molecule has 0 unspecified atom stereocenters. The first-order valence-electron chi connectivity index (χ1n) is 5.06. The number of carboxylic acids is 1. The maximum Gasteiger partial charge on any atom is 0.326 e. The lowest BCUT2D eigenvalue weighted by Crippen LogP contribution is -2.68. The Labute approximate surface area is 89.2 Å². The molecule has 1 fully saturated rings. The van der Waals surface area contributed by atoms with Crippen LogP contribution in [0.3, 0.4) is 0 Å². The fourth-order valence-corrected chi connectivity index (χ4v) is 2.27. The fraction of sp³-hybridized carbons (Fsp3) is 0.800. The maximum absolute atomic E-state index is 11.3. The highest BCUT2D eigenvalue weighted by Gasteiger charge is 2.47. The Hall–Kier alpha value is -1.26. The Balaban J connectivity index is 3.00. The van der Waals surface area contributed by atoms with Crippen LogP contribution >= 0.6 is 0 Å². The molecule has 0 aliphatic carbocycles. The summed E-state index contributed by atoms with van der Waals surface area (Å²) in [6.45, 7) is 7.64. The van der Waals surface area contributed by atoms with E-state index in [2.05, 4.69) is 10.6 Å². The minimum absolute atomic E-state index is 0.132. The van der Waals surface area contributed by atoms with E-state index in [4.69, 9.17) is 5.11 Å². The molecule has 0 aromatic heterocycles. The second kappa shape index (κ2) is 3.72. The molecule has 86 valence electrons. The number of carbonyl (C=O) groups excluding carboxylic acids is 1. The minimum atomic E-state index is -0.986. The molecule has 15 heavy (non-hydrogen) atoms. The van der Waals surface area contributed by atoms with Gasteiger partial charge in [0.1, 0.15) is 6.04 Å². The van der Waals surface area contributed by atoms with E-state index >= 15 is 0 Å². The number of rotatable bonds is 2. The van der Waals surface area contributed by atoms with Crippen LogP contribution in [0.1, 0.15) is 27.7 Å². The van der Waals surface area contributed by atoms with Crippen LogP contribution in [0.4, 0.5) is 4.79 Å². The number of nitrogens with one attached hydrogen (secondary N) is 2. The van der Waals surface area contributed by atoms with Crippen LogP contribution in [-0.4, -0.2) is 29.2 Å². The number of aliphatic carboxylic acids is 1. The summed E-state index contributed by atoms with van der Waals surface area (Å²) in [5.74, 6) is -0.784. The summed E-state index contributed by atoms with van der Waals surface area (Å²) < 4.78 is 0. The molecule has 2 amide bonds. The highest BCUT2D eigenvalue weighted by molar-refractivity contribution is 5.85. The lowest BCUT2D eigenvalue weighted by atomic mass is 9.72. The van der Waals surface area contributed by atoms with Crippen LogP contribution < -0.4 is 10.6 Å². The van der Waals surface area contributed by atoms with Gasteiger partial charge in [-0.3, -0.25) is 0 Å². The van der Waals surface area contributed by atoms with E-state index in [0.29, 0.717) is 0 Å². The van der Waals surface area contributed by atoms with Crippen molar-refractivity contribution in [3.63, 3.8) is 0 Å². The van der Waals surface area contributed by atoms with Crippen LogP contribution in [0.25, 0.3) is 0 Å². The summed E-state index contributed by atoms with van der Waals surface area (Å²) in [6, 6.07) is -1.37. The van der Waals surface area contributed by atoms with E-state index in [9.17, 15) is 9.59 Å². The summed E-state index contributed by atoms with van der Waals surface area (Å²) in [4.78, 5) is 22.3. The predicted octanol–water partition coefficient (Wildman–Crippen LogP) is 0.803. The number of hydrogen-bond acceptors (Lipinski definition) is 2. The fourth-order valence-electron chi connectivity index (χ4n) is 2.27. The van der Waals surface area contributed by atoms with Crippen molar-refractivity contribution in [2.75, 3.05) is 0 Å². The SMILES string of the molecule is CC(C)[C@@H]1NC(=O)N[C@H](C(=O)O)C1(C)C. The van der Waals surface area contributed by atoms with Gasteiger partial charge in [0.25, 0.3) is 0 Å². The van der Waals surface area contributed by atoms with E-state index < -0.39 is 23.5 Å². The third kappa shape index (κ3) is 2.06. The molecule has 0 aromatic rings. The topological polar surface area (TPSA) is 78.4 Å². The van der Waals surface area contributed by atoms with Crippen molar-refractivity contribution in [3.8, 4) is 0 Å². The van der Waals surface area contributed by atoms with Gasteiger partial charge in [-0.05, 0) is 5.92 Å². The van der Waals surface area contributed by atoms with E-state index in [-0.39, 0.29) is 12.0 Å². The first-order valence-corrected chi connectivity index (χ1v) is 5.06. The molecule has 0 saturated carbocycles. The average Bonchev–Trinajstić information content (AvgIpc) is 2.07. The third-order valence-corrected chi connectivity index (χ3v) is 3.02. The van der Waals surface area contributed by atoms with Crippen LogP contribution in [0, 0.1) is 11.3 Å². The number of urea groups is 1. The van der Waals surface area contributed by atoms with Gasteiger partial charge in [-0.25, -0.2) is 9.59 Å². The van der Waals surface area contributed by atoms with Crippen molar-refractivity contribution in [3.05, 3.63) is 0 Å². The van der Waals surface area contributed by atoms with Crippen LogP contribution in [-0.2, 0) is 4.79 Å². The summed E-state index contributed by atoms with van der Waals surface area (Å²) in [7, 11) is 0. The molecule has 1 rings (SSSR count). The van der Waals surface area contributed by atoms with Gasteiger partial charge in [-0.2, -0.15) is 0 Å². The molecule has 0 bridgehead atoms. The Morgan fingerprint density at radius 2 is 1.93 bits per heavy atom. The lowest BCUT2D eigenvalue weighted by Gasteiger charge is -2.45. The molecule has 1 heterocycles. The van der Waals surface area contributed by atoms with Gasteiger partial charge in [0.15, 0.2) is 0 Å². The van der Waals surface area contributed by atoms with Gasteiger partial charge in [0.2, 0.25) is 0 Å². The number of amides is 2. The van der Waals surface area contributed by atoms with Crippen molar-refractivity contribution in [2.24, 2.45) is 11.3 Å². The highest BCUT2D eigenvalue weighted by Crippen LogP contribution is 2.32. The van der Waals surface area contributed by atoms with E-state index in [1.54, 1.807) is 0 Å². The molecule has 1 aliphatic heterocycles. The van der Waals surface area contributed by atoms with Crippen LogP contribution in [0.15, 0.2) is 0 Å². The molecular formula is C10H18N2O3. The zero-order chi connectivity index (χ0) is 11.8. The van der Waals surface area contributed by atoms with Gasteiger partial charge >= 0.3 is 12.0 Å². The molecule has 0 radical (unpaired) electrons. The smallest absolute Gasteiger partial charge is 0.326 e. The Morgan fingerprint density at radius 3 is 2.33 bits per heavy atom. The molecule has 5 heteroatoms. The van der Waals surface area contributed by atoms with Crippen molar-refractivity contribution in [1.29, 1.82) is 0 Å². The number of carboxylic acid groups (broad SMARTS) is 1. The monoisotopic (exact) mass is 214 g/mol. The van der Waals surface area contributed by atoms with E-state index in [0.717, 1.165) is 0 Å². The molecule has 3 N–H and O–H groups in total. The van der Waals surface area contributed by atoms with Crippen LogP contribution in [0.2, 0.25) is 0 Å². The number of carbonyl (C=O) groups is 2. The third-order valence-electron chi connectivity index (χ3n) is 3.02. The quantitative estimate of drug-likeness (QED) is 0.636. The largest absolute Gasteiger partial charge is 0.480 e. The maximum atomic E-state index is 11.3. The van der Waals surface area contributed by atoms with Gasteiger partial charge < -0.3 is 15.7 Å². The molecule has 0 spiro atoms. The Kier molecular flexibility index (Phi) is 2.93. The molecule has 1 aliphatic rings. The molecule has 1 saturated heterocycles. The highest BCUT2D eigenvalue weighted by atomic mass is 16.4. The minimum Gasteiger partial charge on any atom is -0.480 e. The average molecular weight is 214 g/mol. The first-order chi connectivity index (χ1) is 6.76. The molecular weight excluding hydrogens is 196 g/mol. The van der Waals surface area contributed by atoms with Crippen molar-refractivity contribution in [1.82, 2.24) is 10.6 Å². The van der Waals surface area contributed by atoms with Crippen LogP contribution in [0.5, 0.6) is 0 Å². The van der Waals surface area contributed by atoms with Gasteiger partial charge in [0, 0.05) is 11.5 Å². The summed E-state index contributed by atoms with van der Waals surface area (Å²) >= 11 is 0. The van der Waals surface area contributed by atoms with Gasteiger partial charge in [-0.15, -0.1) is 0 Å². The zero-order valence-electron chi connectivity index (χ0n) is 9.50. The van der Waals surface area contributed by atoms with Crippen molar-refractivity contribution < 1.29 is 14.7 Å². The second-order valence-corrected chi connectivity index (χ2v) is 4.93. The summed E-state index contributed by atoms with van der Waals surface area (Å²) in [5.41, 5.74) is -0.506. The van der Waals surface area contributed by atoms with Gasteiger partial charge in [0.05, 0.1) is 0 Å². The summed E-state index contributed by atoms with van der Waals surface area (Å²) in [6.07, 6.45) is 0.